The molecule has 2 aromatic rings. The van der Waals surface area contributed by atoms with Gasteiger partial charge in [0.25, 0.3) is 0 Å². The molecule has 0 aliphatic heterocycles. The average molecular weight is 457 g/mol. The summed E-state index contributed by atoms with van der Waals surface area (Å²) in [6, 6.07) is 12.9. The van der Waals surface area contributed by atoms with Crippen LogP contribution in [-0.4, -0.2) is 13.1 Å². The van der Waals surface area contributed by atoms with E-state index in [2.05, 4.69) is 36.3 Å². The van der Waals surface area contributed by atoms with Crippen molar-refractivity contribution in [3.05, 3.63) is 65.0 Å². The molecular formula is C19H25FIN3O. The van der Waals surface area contributed by atoms with Gasteiger partial charge in [0.1, 0.15) is 5.82 Å². The summed E-state index contributed by atoms with van der Waals surface area (Å²) in [5.41, 5.74) is 9.48. The zero-order chi connectivity index (χ0) is 17.5. The van der Waals surface area contributed by atoms with Gasteiger partial charge in [0.15, 0.2) is 5.96 Å². The first-order valence-electron chi connectivity index (χ1n) is 7.92. The molecule has 2 rings (SSSR count). The predicted molar refractivity (Wildman–Crippen MR) is 112 cm³/mol. The number of nitrogens with zero attached hydrogens (tertiary/aromatic N) is 1. The van der Waals surface area contributed by atoms with Gasteiger partial charge < -0.3 is 15.8 Å². The van der Waals surface area contributed by atoms with Gasteiger partial charge in [-0.2, -0.15) is 0 Å². The Morgan fingerprint density at radius 3 is 2.68 bits per heavy atom. The van der Waals surface area contributed by atoms with E-state index in [9.17, 15) is 4.39 Å². The van der Waals surface area contributed by atoms with E-state index in [-0.39, 0.29) is 36.4 Å². The monoisotopic (exact) mass is 457 g/mol. The maximum Gasteiger partial charge on any atom is 0.193 e. The first-order chi connectivity index (χ1) is 11.5. The molecule has 0 spiro atoms. The summed E-state index contributed by atoms with van der Waals surface area (Å²) in [4.78, 5) is 4.32. The van der Waals surface area contributed by atoms with Crippen LogP contribution >= 0.6 is 24.0 Å². The van der Waals surface area contributed by atoms with Crippen molar-refractivity contribution in [2.45, 2.75) is 32.9 Å². The van der Waals surface area contributed by atoms with Crippen LogP contribution in [0.15, 0.2) is 47.5 Å². The SMILES string of the molecule is COCc1cc(CN=C(N)Nc2cccc(C(C)C)c2)ccc1F.I. The lowest BCUT2D eigenvalue weighted by molar-refractivity contribution is 0.181. The molecule has 0 bridgehead atoms. The van der Waals surface area contributed by atoms with Gasteiger partial charge in [-0.1, -0.05) is 32.0 Å². The first-order valence-corrected chi connectivity index (χ1v) is 7.92. The zero-order valence-corrected chi connectivity index (χ0v) is 17.1. The molecule has 0 aliphatic carbocycles. The molecule has 0 amide bonds. The van der Waals surface area contributed by atoms with E-state index in [0.717, 1.165) is 11.3 Å². The van der Waals surface area contributed by atoms with E-state index in [1.807, 2.05) is 12.1 Å². The second-order valence-corrected chi connectivity index (χ2v) is 5.97. The van der Waals surface area contributed by atoms with Crippen LogP contribution in [0.25, 0.3) is 0 Å². The number of nitrogens with one attached hydrogen (secondary N) is 1. The number of hydrogen-bond acceptors (Lipinski definition) is 2. The van der Waals surface area contributed by atoms with Crippen molar-refractivity contribution in [2.24, 2.45) is 10.7 Å². The minimum absolute atomic E-state index is 0. The van der Waals surface area contributed by atoms with E-state index in [0.29, 0.717) is 24.0 Å². The van der Waals surface area contributed by atoms with Gasteiger partial charge in [-0.15, -0.1) is 24.0 Å². The number of halogens is 2. The summed E-state index contributed by atoms with van der Waals surface area (Å²) in [5, 5.41) is 3.09. The standard InChI is InChI=1S/C19H24FN3O.HI/c1-13(2)15-5-4-6-17(10-15)23-19(21)22-11-14-7-8-18(20)16(9-14)12-24-3;/h4-10,13H,11-12H2,1-3H3,(H3,21,22,23);1H. The molecule has 2 aromatic carbocycles. The third kappa shape index (κ3) is 6.62. The lowest BCUT2D eigenvalue weighted by Gasteiger charge is -2.10. The number of guanidine groups is 1. The molecule has 136 valence electrons. The molecular weight excluding hydrogens is 432 g/mol. The van der Waals surface area contributed by atoms with Crippen molar-refractivity contribution in [1.29, 1.82) is 0 Å². The van der Waals surface area contributed by atoms with Gasteiger partial charge in [0.05, 0.1) is 13.2 Å². The summed E-state index contributed by atoms with van der Waals surface area (Å²) in [7, 11) is 1.54. The molecule has 0 saturated heterocycles. The van der Waals surface area contributed by atoms with E-state index in [1.54, 1.807) is 12.1 Å². The summed E-state index contributed by atoms with van der Waals surface area (Å²) in [6.45, 7) is 4.89. The molecule has 0 unspecified atom stereocenters. The lowest BCUT2D eigenvalue weighted by atomic mass is 10.0. The van der Waals surface area contributed by atoms with Crippen LogP contribution in [0, 0.1) is 5.82 Å². The molecule has 4 nitrogen and oxygen atoms in total. The Morgan fingerprint density at radius 1 is 1.24 bits per heavy atom. The highest BCUT2D eigenvalue weighted by molar-refractivity contribution is 14.0. The van der Waals surface area contributed by atoms with Crippen molar-refractivity contribution in [3.8, 4) is 0 Å². The van der Waals surface area contributed by atoms with E-state index in [1.165, 1.54) is 18.7 Å². The Morgan fingerprint density at radius 2 is 2.00 bits per heavy atom. The summed E-state index contributed by atoms with van der Waals surface area (Å²) in [6.07, 6.45) is 0. The van der Waals surface area contributed by atoms with Gasteiger partial charge in [-0.25, -0.2) is 9.38 Å². The molecule has 0 aliphatic rings. The van der Waals surface area contributed by atoms with Crippen LogP contribution in [0.5, 0.6) is 0 Å². The fourth-order valence-electron chi connectivity index (χ4n) is 2.33. The van der Waals surface area contributed by atoms with Crippen LogP contribution in [-0.2, 0) is 17.9 Å². The Hall–Kier alpha value is -1.67. The van der Waals surface area contributed by atoms with Gasteiger partial charge in [0, 0.05) is 18.4 Å². The van der Waals surface area contributed by atoms with Gasteiger partial charge in [-0.05, 0) is 41.3 Å². The molecule has 0 atom stereocenters. The van der Waals surface area contributed by atoms with Crippen molar-refractivity contribution >= 4 is 35.6 Å². The molecule has 3 N–H and O–H groups in total. The van der Waals surface area contributed by atoms with Crippen molar-refractivity contribution in [1.82, 2.24) is 0 Å². The fourth-order valence-corrected chi connectivity index (χ4v) is 2.33. The number of rotatable bonds is 6. The number of hydrogen-bond donors (Lipinski definition) is 2. The molecule has 25 heavy (non-hydrogen) atoms. The second-order valence-electron chi connectivity index (χ2n) is 5.97. The Balaban J connectivity index is 0.00000312. The smallest absolute Gasteiger partial charge is 0.193 e. The topological polar surface area (TPSA) is 59.6 Å². The van der Waals surface area contributed by atoms with Crippen LogP contribution in [0.4, 0.5) is 10.1 Å². The first kappa shape index (κ1) is 21.4. The number of anilines is 1. The molecule has 6 heteroatoms. The summed E-state index contributed by atoms with van der Waals surface area (Å²) in [5.74, 6) is 0.498. The highest BCUT2D eigenvalue weighted by Crippen LogP contribution is 2.18. The molecule has 0 fully saturated rings. The maximum absolute atomic E-state index is 13.6. The highest BCUT2D eigenvalue weighted by atomic mass is 127. The van der Waals surface area contributed by atoms with E-state index in [4.69, 9.17) is 10.5 Å². The highest BCUT2D eigenvalue weighted by Gasteiger charge is 2.04. The van der Waals surface area contributed by atoms with Gasteiger partial charge in [0.2, 0.25) is 0 Å². The molecule has 0 heterocycles. The Kier molecular flexibility index (Phi) is 8.85. The molecule has 0 radical (unpaired) electrons. The zero-order valence-electron chi connectivity index (χ0n) is 14.8. The summed E-state index contributed by atoms with van der Waals surface area (Å²) >= 11 is 0. The largest absolute Gasteiger partial charge is 0.380 e. The minimum atomic E-state index is -0.277. The van der Waals surface area contributed by atoms with Crippen LogP contribution in [0.2, 0.25) is 0 Å². The molecule has 0 aromatic heterocycles. The Labute approximate surface area is 165 Å². The minimum Gasteiger partial charge on any atom is -0.380 e. The predicted octanol–water partition coefficient (Wildman–Crippen LogP) is 4.64. The van der Waals surface area contributed by atoms with Crippen molar-refractivity contribution in [3.63, 3.8) is 0 Å². The lowest BCUT2D eigenvalue weighted by Crippen LogP contribution is -2.22. The van der Waals surface area contributed by atoms with Crippen LogP contribution in [0.3, 0.4) is 0 Å². The number of ether oxygens (including phenoxy) is 1. The maximum atomic E-state index is 13.6. The van der Waals surface area contributed by atoms with Crippen LogP contribution < -0.4 is 11.1 Å². The number of benzene rings is 2. The molecule has 0 saturated carbocycles. The van der Waals surface area contributed by atoms with Crippen LogP contribution in [0.1, 0.15) is 36.5 Å². The van der Waals surface area contributed by atoms with Crippen molar-refractivity contribution < 1.29 is 9.13 Å². The number of nitrogens with two attached hydrogens (primary N) is 1. The van der Waals surface area contributed by atoms with Crippen molar-refractivity contribution in [2.75, 3.05) is 12.4 Å². The normalized spacial score (nSPS) is 11.3. The summed E-state index contributed by atoms with van der Waals surface area (Å²) < 4.78 is 18.6. The Bertz CT molecular complexity index is 720. The van der Waals surface area contributed by atoms with Gasteiger partial charge in [-0.3, -0.25) is 0 Å². The second kappa shape index (κ2) is 10.4. The van der Waals surface area contributed by atoms with Gasteiger partial charge >= 0.3 is 0 Å². The van der Waals surface area contributed by atoms with E-state index < -0.39 is 0 Å². The number of methoxy groups -OCH3 is 1. The third-order valence-electron chi connectivity index (χ3n) is 3.67. The van der Waals surface area contributed by atoms with E-state index >= 15 is 0 Å². The number of aliphatic imine (C=N–C) groups is 1. The third-order valence-corrected chi connectivity index (χ3v) is 3.67. The fraction of sp³-hybridized carbons (Fsp3) is 0.316. The average Bonchev–Trinajstić information content (AvgIpc) is 2.56. The quantitative estimate of drug-likeness (QED) is 0.378.